The molecule has 0 radical (unpaired) electrons. The quantitative estimate of drug-likeness (QED) is 0.378. The summed E-state index contributed by atoms with van der Waals surface area (Å²) in [5.41, 5.74) is -1.33. The van der Waals surface area contributed by atoms with Gasteiger partial charge >= 0.3 is 21.3 Å². The number of hydrogen-bond acceptors (Lipinski definition) is 5. The summed E-state index contributed by atoms with van der Waals surface area (Å²) in [6.07, 6.45) is -5.49. The minimum Gasteiger partial charge on any atom is -0.491 e. The molecule has 32 heavy (non-hydrogen) atoms. The molecule has 180 valence electrons. The zero-order valence-corrected chi connectivity index (χ0v) is 16.6. The second kappa shape index (κ2) is 7.14. The van der Waals surface area contributed by atoms with E-state index in [-0.39, 0.29) is 6.42 Å². The number of halogens is 8. The molecule has 1 heterocycles. The maximum absolute atomic E-state index is 14.4. The molecule has 1 aromatic rings. The van der Waals surface area contributed by atoms with Crippen LogP contribution in [0.1, 0.15) is 24.7 Å². The normalized spacial score (nSPS) is 32.4. The molecule has 1 aliphatic heterocycles. The van der Waals surface area contributed by atoms with Gasteiger partial charge in [-0.1, -0.05) is 0 Å². The standard InChI is InChI=1S/C17H14F8O6S/c1-29-14-10(20)8(18)7(9(19)11(14)21)15-30-12-4-2-5(13(12)31-15)6(3-4)16(22,23)17(24,25)32(26,27)28/h4-6,12-13,15H,2-3H2,1H3,(H,26,27,28). The topological polar surface area (TPSA) is 82.1 Å². The van der Waals surface area contributed by atoms with Crippen LogP contribution in [0.15, 0.2) is 0 Å². The Kier molecular flexibility index (Phi) is 5.23. The summed E-state index contributed by atoms with van der Waals surface area (Å²) in [7, 11) is -5.71. The summed E-state index contributed by atoms with van der Waals surface area (Å²) in [5.74, 6) is -18.8. The number of methoxy groups -OCH3 is 1. The zero-order chi connectivity index (χ0) is 24.0. The summed E-state index contributed by atoms with van der Waals surface area (Å²) in [6, 6.07) is 0. The number of fused-ring (bicyclic) bond motifs is 5. The van der Waals surface area contributed by atoms with Gasteiger partial charge < -0.3 is 14.2 Å². The fourth-order valence-electron chi connectivity index (χ4n) is 4.89. The average Bonchev–Trinajstić information content (AvgIpc) is 3.38. The van der Waals surface area contributed by atoms with Crippen LogP contribution >= 0.6 is 0 Å². The molecule has 0 aromatic heterocycles. The monoisotopic (exact) mass is 498 g/mol. The highest BCUT2D eigenvalue weighted by Gasteiger charge is 2.74. The van der Waals surface area contributed by atoms with Crippen LogP contribution < -0.4 is 4.74 Å². The van der Waals surface area contributed by atoms with Crippen molar-refractivity contribution >= 4 is 10.1 Å². The van der Waals surface area contributed by atoms with Gasteiger partial charge in [-0.2, -0.15) is 34.8 Å². The third kappa shape index (κ3) is 2.97. The van der Waals surface area contributed by atoms with Crippen molar-refractivity contribution in [2.24, 2.45) is 17.8 Å². The van der Waals surface area contributed by atoms with Crippen LogP contribution in [0.3, 0.4) is 0 Å². The lowest BCUT2D eigenvalue weighted by atomic mass is 9.81. The number of rotatable bonds is 5. The molecular weight excluding hydrogens is 484 g/mol. The van der Waals surface area contributed by atoms with E-state index in [4.69, 9.17) is 14.0 Å². The van der Waals surface area contributed by atoms with E-state index in [0.717, 1.165) is 7.11 Å². The predicted molar refractivity (Wildman–Crippen MR) is 86.5 cm³/mol. The van der Waals surface area contributed by atoms with Gasteiger partial charge in [-0.05, 0) is 24.7 Å². The second-order valence-electron chi connectivity index (χ2n) is 7.85. The van der Waals surface area contributed by atoms with Gasteiger partial charge in [-0.15, -0.1) is 0 Å². The van der Waals surface area contributed by atoms with E-state index in [1.54, 1.807) is 0 Å². The predicted octanol–water partition coefficient (Wildman–Crippen LogP) is 3.81. The van der Waals surface area contributed by atoms with Crippen molar-refractivity contribution in [2.75, 3.05) is 7.11 Å². The molecule has 15 heteroatoms. The van der Waals surface area contributed by atoms with Crippen molar-refractivity contribution in [2.45, 2.75) is 42.5 Å². The van der Waals surface area contributed by atoms with E-state index in [0.29, 0.717) is 0 Å². The summed E-state index contributed by atoms with van der Waals surface area (Å²) in [5, 5.41) is -5.80. The van der Waals surface area contributed by atoms with Gasteiger partial charge in [0.15, 0.2) is 23.7 Å². The lowest BCUT2D eigenvalue weighted by molar-refractivity contribution is -0.210. The number of hydrogen-bond donors (Lipinski definition) is 1. The highest BCUT2D eigenvalue weighted by Crippen LogP contribution is 2.62. The van der Waals surface area contributed by atoms with E-state index in [9.17, 15) is 43.5 Å². The molecule has 2 saturated carbocycles. The third-order valence-electron chi connectivity index (χ3n) is 6.29. The van der Waals surface area contributed by atoms with E-state index in [2.05, 4.69) is 4.74 Å². The zero-order valence-electron chi connectivity index (χ0n) is 15.8. The smallest absolute Gasteiger partial charge is 0.431 e. The molecule has 2 aliphatic carbocycles. The molecule has 1 saturated heterocycles. The molecule has 6 unspecified atom stereocenters. The molecule has 0 amide bonds. The Morgan fingerprint density at radius 3 is 1.97 bits per heavy atom. The SMILES string of the molecule is COc1c(F)c(F)c(C2OC3C4CC(C3O2)C(C(F)(F)C(F)(F)S(=O)(=O)O)C4)c(F)c1F. The molecule has 4 rings (SSSR count). The summed E-state index contributed by atoms with van der Waals surface area (Å²) in [6.45, 7) is 0. The largest absolute Gasteiger partial charge is 0.491 e. The highest BCUT2D eigenvalue weighted by atomic mass is 32.2. The van der Waals surface area contributed by atoms with Crippen LogP contribution in [0.25, 0.3) is 0 Å². The molecule has 3 aliphatic rings. The van der Waals surface area contributed by atoms with E-state index in [1.807, 2.05) is 0 Å². The first kappa shape index (κ1) is 23.4. The van der Waals surface area contributed by atoms with Crippen LogP contribution in [-0.2, 0) is 19.6 Å². The lowest BCUT2D eigenvalue weighted by Crippen LogP contribution is -2.55. The summed E-state index contributed by atoms with van der Waals surface area (Å²) in [4.78, 5) is 0. The minimum atomic E-state index is -6.47. The van der Waals surface area contributed by atoms with Crippen LogP contribution in [-0.4, -0.2) is 43.5 Å². The summed E-state index contributed by atoms with van der Waals surface area (Å²) >= 11 is 0. The van der Waals surface area contributed by atoms with Crippen molar-refractivity contribution in [1.29, 1.82) is 0 Å². The second-order valence-corrected chi connectivity index (χ2v) is 9.32. The first-order valence-corrected chi connectivity index (χ1v) is 10.5. The first-order chi connectivity index (χ1) is 14.6. The minimum absolute atomic E-state index is 0.167. The van der Waals surface area contributed by atoms with E-state index >= 15 is 0 Å². The molecule has 2 bridgehead atoms. The van der Waals surface area contributed by atoms with Gasteiger partial charge in [0.05, 0.1) is 24.9 Å². The Labute approximate surface area is 175 Å². The Bertz CT molecular complexity index is 1030. The number of alkyl halides is 4. The van der Waals surface area contributed by atoms with Crippen molar-refractivity contribution < 1.29 is 62.3 Å². The maximum atomic E-state index is 14.4. The fourth-order valence-corrected chi connectivity index (χ4v) is 5.39. The van der Waals surface area contributed by atoms with Gasteiger partial charge in [0.2, 0.25) is 11.6 Å². The maximum Gasteiger partial charge on any atom is 0.431 e. The van der Waals surface area contributed by atoms with Crippen molar-refractivity contribution in [3.8, 4) is 5.75 Å². The van der Waals surface area contributed by atoms with Crippen molar-refractivity contribution in [3.63, 3.8) is 0 Å². The fraction of sp³-hybridized carbons (Fsp3) is 0.647. The van der Waals surface area contributed by atoms with Crippen LogP contribution in [0.4, 0.5) is 35.1 Å². The highest BCUT2D eigenvalue weighted by molar-refractivity contribution is 7.87. The Morgan fingerprint density at radius 2 is 1.47 bits per heavy atom. The molecule has 3 fully saturated rings. The van der Waals surface area contributed by atoms with Gasteiger partial charge in [0.25, 0.3) is 0 Å². The molecule has 6 atom stereocenters. The van der Waals surface area contributed by atoms with E-state index < -0.39 is 98.5 Å². The van der Waals surface area contributed by atoms with Crippen LogP contribution in [0, 0.1) is 41.0 Å². The molecule has 1 aromatic carbocycles. The molecular formula is C17H14F8O6S. The van der Waals surface area contributed by atoms with Gasteiger partial charge in [0.1, 0.15) is 0 Å². The molecule has 1 N–H and O–H groups in total. The summed E-state index contributed by atoms with van der Waals surface area (Å²) < 4.78 is 158. The van der Waals surface area contributed by atoms with Crippen LogP contribution in [0.5, 0.6) is 5.75 Å². The third-order valence-corrected chi connectivity index (χ3v) is 7.21. The average molecular weight is 498 g/mol. The van der Waals surface area contributed by atoms with Crippen molar-refractivity contribution in [3.05, 3.63) is 28.8 Å². The molecule has 0 spiro atoms. The van der Waals surface area contributed by atoms with Crippen molar-refractivity contribution in [1.82, 2.24) is 0 Å². The number of benzene rings is 1. The first-order valence-electron chi connectivity index (χ1n) is 9.08. The molecule has 6 nitrogen and oxygen atoms in total. The Balaban J connectivity index is 1.64. The van der Waals surface area contributed by atoms with E-state index in [1.165, 1.54) is 0 Å². The van der Waals surface area contributed by atoms with Gasteiger partial charge in [-0.25, -0.2) is 8.78 Å². The van der Waals surface area contributed by atoms with Gasteiger partial charge in [0, 0.05) is 5.92 Å². The lowest BCUT2D eigenvalue weighted by Gasteiger charge is -2.36. The number of ether oxygens (including phenoxy) is 3. The van der Waals surface area contributed by atoms with Gasteiger partial charge in [-0.3, -0.25) is 4.55 Å². The Hall–Kier alpha value is -1.71. The Morgan fingerprint density at radius 1 is 0.938 bits per heavy atom. The van der Waals surface area contributed by atoms with Crippen LogP contribution in [0.2, 0.25) is 0 Å².